The van der Waals surface area contributed by atoms with E-state index in [0.29, 0.717) is 13.0 Å². The molecule has 0 fully saturated rings. The molecule has 1 rings (SSSR count). The molecule has 0 aliphatic heterocycles. The Bertz CT molecular complexity index is 353. The molecule has 0 radical (unpaired) electrons. The lowest BCUT2D eigenvalue weighted by molar-refractivity contribution is 0.306. The molecule has 3 heteroatoms. The summed E-state index contributed by atoms with van der Waals surface area (Å²) < 4.78 is 5.51. The van der Waals surface area contributed by atoms with Crippen LogP contribution in [0.2, 0.25) is 0 Å². The normalized spacial score (nSPS) is 11.8. The fraction of sp³-hybridized carbons (Fsp3) is 0.500. The molecule has 17 heavy (non-hydrogen) atoms. The van der Waals surface area contributed by atoms with Crippen LogP contribution in [-0.4, -0.2) is 12.6 Å². The molecule has 3 nitrogen and oxygen atoms in total. The Morgan fingerprint density at radius 1 is 1.35 bits per heavy atom. The average Bonchev–Trinajstić information content (AvgIpc) is 2.37. The van der Waals surface area contributed by atoms with Gasteiger partial charge in [-0.25, -0.2) is 0 Å². The van der Waals surface area contributed by atoms with Crippen molar-refractivity contribution in [3.8, 4) is 11.8 Å². The average molecular weight is 232 g/mol. The summed E-state index contributed by atoms with van der Waals surface area (Å²) in [6.45, 7) is 2.68. The highest BCUT2D eigenvalue weighted by molar-refractivity contribution is 5.27. The Morgan fingerprint density at radius 2 is 2.06 bits per heavy atom. The van der Waals surface area contributed by atoms with Crippen molar-refractivity contribution in [2.75, 3.05) is 6.61 Å². The molecular formula is C14H20N2O. The van der Waals surface area contributed by atoms with Gasteiger partial charge in [0, 0.05) is 6.42 Å². The molecule has 92 valence electrons. The quantitative estimate of drug-likeness (QED) is 0.786. The molecule has 2 N–H and O–H groups in total. The van der Waals surface area contributed by atoms with Crippen molar-refractivity contribution < 1.29 is 4.74 Å². The minimum absolute atomic E-state index is 0.432. The number of aryl methyl sites for hydroxylation is 1. The molecule has 0 aromatic heterocycles. The summed E-state index contributed by atoms with van der Waals surface area (Å²) in [6, 6.07) is 9.68. The standard InChI is InChI=1S/C14H20N2O/c1-2-3-4-12-5-7-14(8-6-12)17-10-9-13(16)11-15/h5-8,13H,2-4,9-10,16H2,1H3. The van der Waals surface area contributed by atoms with Gasteiger partial charge in [0.25, 0.3) is 0 Å². The second kappa shape index (κ2) is 7.70. The summed E-state index contributed by atoms with van der Waals surface area (Å²) in [6.07, 6.45) is 4.12. The van der Waals surface area contributed by atoms with E-state index in [0.717, 1.165) is 12.2 Å². The van der Waals surface area contributed by atoms with Gasteiger partial charge in [-0.2, -0.15) is 5.26 Å². The van der Waals surface area contributed by atoms with Crippen molar-refractivity contribution in [1.29, 1.82) is 5.26 Å². The number of hydrogen-bond acceptors (Lipinski definition) is 3. The van der Waals surface area contributed by atoms with E-state index < -0.39 is 6.04 Å². The first-order valence-corrected chi connectivity index (χ1v) is 6.13. The van der Waals surface area contributed by atoms with Crippen LogP contribution in [0.4, 0.5) is 0 Å². The zero-order valence-corrected chi connectivity index (χ0v) is 10.4. The molecule has 0 saturated heterocycles. The molecule has 0 aliphatic rings. The number of nitrogens with zero attached hydrogens (tertiary/aromatic N) is 1. The second-order valence-electron chi connectivity index (χ2n) is 4.12. The lowest BCUT2D eigenvalue weighted by Crippen LogP contribution is -2.20. The van der Waals surface area contributed by atoms with Gasteiger partial charge < -0.3 is 10.5 Å². The van der Waals surface area contributed by atoms with Gasteiger partial charge in [0.1, 0.15) is 5.75 Å². The number of rotatable bonds is 7. The predicted molar refractivity (Wildman–Crippen MR) is 68.8 cm³/mol. The van der Waals surface area contributed by atoms with Crippen LogP contribution in [0, 0.1) is 11.3 Å². The molecule has 0 bridgehead atoms. The summed E-state index contributed by atoms with van der Waals surface area (Å²) in [7, 11) is 0. The van der Waals surface area contributed by atoms with E-state index in [2.05, 4.69) is 19.1 Å². The maximum Gasteiger partial charge on any atom is 0.119 e. The fourth-order valence-electron chi connectivity index (χ4n) is 1.50. The highest BCUT2D eigenvalue weighted by Gasteiger charge is 2.00. The molecule has 1 unspecified atom stereocenters. The number of nitriles is 1. The smallest absolute Gasteiger partial charge is 0.119 e. The first-order valence-electron chi connectivity index (χ1n) is 6.13. The third-order valence-electron chi connectivity index (χ3n) is 2.61. The van der Waals surface area contributed by atoms with E-state index in [1.165, 1.54) is 18.4 Å². The van der Waals surface area contributed by atoms with Crippen LogP contribution in [0.25, 0.3) is 0 Å². The largest absolute Gasteiger partial charge is 0.493 e. The molecule has 1 aromatic carbocycles. The highest BCUT2D eigenvalue weighted by atomic mass is 16.5. The molecule has 0 spiro atoms. The lowest BCUT2D eigenvalue weighted by atomic mass is 10.1. The van der Waals surface area contributed by atoms with Crippen LogP contribution in [0.15, 0.2) is 24.3 Å². The second-order valence-corrected chi connectivity index (χ2v) is 4.12. The Labute approximate surface area is 103 Å². The van der Waals surface area contributed by atoms with Gasteiger partial charge in [0.05, 0.1) is 18.7 Å². The summed E-state index contributed by atoms with van der Waals surface area (Å²) in [5.74, 6) is 0.843. The van der Waals surface area contributed by atoms with Crippen molar-refractivity contribution in [2.45, 2.75) is 38.6 Å². The van der Waals surface area contributed by atoms with Crippen molar-refractivity contribution >= 4 is 0 Å². The van der Waals surface area contributed by atoms with Crippen molar-refractivity contribution in [3.05, 3.63) is 29.8 Å². The topological polar surface area (TPSA) is 59.0 Å². The molecule has 0 aliphatic carbocycles. The third kappa shape index (κ3) is 5.37. The summed E-state index contributed by atoms with van der Waals surface area (Å²) in [4.78, 5) is 0. The molecular weight excluding hydrogens is 212 g/mol. The van der Waals surface area contributed by atoms with Crippen molar-refractivity contribution in [2.24, 2.45) is 5.73 Å². The number of benzene rings is 1. The van der Waals surface area contributed by atoms with Crippen molar-refractivity contribution in [1.82, 2.24) is 0 Å². The van der Waals surface area contributed by atoms with Gasteiger partial charge in [-0.15, -0.1) is 0 Å². The van der Waals surface area contributed by atoms with Gasteiger partial charge in [0.2, 0.25) is 0 Å². The first-order chi connectivity index (χ1) is 8.26. The van der Waals surface area contributed by atoms with E-state index in [9.17, 15) is 0 Å². The minimum atomic E-state index is -0.432. The van der Waals surface area contributed by atoms with Gasteiger partial charge >= 0.3 is 0 Å². The van der Waals surface area contributed by atoms with E-state index in [1.807, 2.05) is 18.2 Å². The summed E-state index contributed by atoms with van der Waals surface area (Å²) >= 11 is 0. The Morgan fingerprint density at radius 3 is 2.65 bits per heavy atom. The highest BCUT2D eigenvalue weighted by Crippen LogP contribution is 2.14. The van der Waals surface area contributed by atoms with E-state index in [4.69, 9.17) is 15.7 Å². The van der Waals surface area contributed by atoms with Gasteiger partial charge in [0.15, 0.2) is 0 Å². The molecule has 0 amide bonds. The SMILES string of the molecule is CCCCc1ccc(OCCC(N)C#N)cc1. The van der Waals surface area contributed by atoms with E-state index in [1.54, 1.807) is 0 Å². The number of hydrogen-bond donors (Lipinski definition) is 1. The number of ether oxygens (including phenoxy) is 1. The lowest BCUT2D eigenvalue weighted by Gasteiger charge is -2.07. The van der Waals surface area contributed by atoms with Gasteiger partial charge in [-0.1, -0.05) is 25.5 Å². The molecule has 1 atom stereocenters. The van der Waals surface area contributed by atoms with Crippen LogP contribution >= 0.6 is 0 Å². The summed E-state index contributed by atoms with van der Waals surface area (Å²) in [5, 5.41) is 8.52. The number of nitrogens with two attached hydrogens (primary N) is 1. The minimum Gasteiger partial charge on any atom is -0.493 e. The summed E-state index contributed by atoms with van der Waals surface area (Å²) in [5.41, 5.74) is 6.82. The first kappa shape index (κ1) is 13.5. The van der Waals surface area contributed by atoms with Gasteiger partial charge in [-0.3, -0.25) is 0 Å². The van der Waals surface area contributed by atoms with Crippen LogP contribution in [0.1, 0.15) is 31.7 Å². The molecule has 1 aromatic rings. The van der Waals surface area contributed by atoms with E-state index >= 15 is 0 Å². The van der Waals surface area contributed by atoms with E-state index in [-0.39, 0.29) is 0 Å². The van der Waals surface area contributed by atoms with Crippen molar-refractivity contribution in [3.63, 3.8) is 0 Å². The maximum absolute atomic E-state index is 8.52. The Hall–Kier alpha value is -1.53. The van der Waals surface area contributed by atoms with Crippen LogP contribution in [-0.2, 0) is 6.42 Å². The third-order valence-corrected chi connectivity index (χ3v) is 2.61. The fourth-order valence-corrected chi connectivity index (χ4v) is 1.50. The molecule has 0 heterocycles. The van der Waals surface area contributed by atoms with Crippen LogP contribution in [0.5, 0.6) is 5.75 Å². The monoisotopic (exact) mass is 232 g/mol. The number of unbranched alkanes of at least 4 members (excludes halogenated alkanes) is 1. The molecule has 0 saturated carbocycles. The predicted octanol–water partition coefficient (Wildman–Crippen LogP) is 2.65. The zero-order valence-electron chi connectivity index (χ0n) is 10.4. The Balaban J connectivity index is 2.33. The zero-order chi connectivity index (χ0) is 12.5. The van der Waals surface area contributed by atoms with Gasteiger partial charge in [-0.05, 0) is 30.5 Å². The van der Waals surface area contributed by atoms with Crippen LogP contribution < -0.4 is 10.5 Å². The maximum atomic E-state index is 8.52. The Kier molecular flexibility index (Phi) is 6.13. The van der Waals surface area contributed by atoms with Crippen LogP contribution in [0.3, 0.4) is 0 Å².